The molecule has 0 aliphatic carbocycles. The molecule has 1 aromatic carbocycles. The Morgan fingerprint density at radius 2 is 1.61 bits per heavy atom. The number of hydrogen-bond acceptors (Lipinski definition) is 9. The van der Waals surface area contributed by atoms with Crippen LogP contribution in [0.4, 0.5) is 5.88 Å². The molecule has 0 fully saturated rings. The van der Waals surface area contributed by atoms with Gasteiger partial charge in [-0.3, -0.25) is 19.7 Å². The summed E-state index contributed by atoms with van der Waals surface area (Å²) in [7, 11) is 4.23. The zero-order chi connectivity index (χ0) is 24.7. The van der Waals surface area contributed by atoms with Crippen molar-refractivity contribution in [1.82, 2.24) is 5.32 Å². The van der Waals surface area contributed by atoms with E-state index in [0.717, 1.165) is 0 Å². The van der Waals surface area contributed by atoms with Gasteiger partial charge in [0, 0.05) is 5.56 Å². The number of methoxy groups -OCH3 is 3. The highest BCUT2D eigenvalue weighted by Gasteiger charge is 2.29. The van der Waals surface area contributed by atoms with E-state index in [1.807, 2.05) is 0 Å². The second kappa shape index (κ2) is 10.9. The molecule has 12 nitrogen and oxygen atoms in total. The highest BCUT2D eigenvalue weighted by molar-refractivity contribution is 6.11. The lowest BCUT2D eigenvalue weighted by molar-refractivity contribution is -0.115. The maximum absolute atomic E-state index is 12.5. The normalized spacial score (nSPS) is 10.2. The van der Waals surface area contributed by atoms with Crippen LogP contribution in [-0.2, 0) is 9.53 Å². The Kier molecular flexibility index (Phi) is 8.26. The Morgan fingerprint density at radius 3 is 2.09 bits per heavy atom. The summed E-state index contributed by atoms with van der Waals surface area (Å²) in [6.07, 6.45) is 0. The molecule has 0 bridgehead atoms. The zero-order valence-electron chi connectivity index (χ0n) is 18.8. The molecule has 3 amide bonds. The lowest BCUT2D eigenvalue weighted by atomic mass is 10.1. The fraction of sp³-hybridized carbons (Fsp3) is 0.333. The van der Waals surface area contributed by atoms with Gasteiger partial charge in [-0.1, -0.05) is 0 Å². The highest BCUT2D eigenvalue weighted by atomic mass is 16.5. The summed E-state index contributed by atoms with van der Waals surface area (Å²) in [6.45, 7) is 2.59. The highest BCUT2D eigenvalue weighted by Crippen LogP contribution is 2.38. The minimum atomic E-state index is -0.994. The third-order valence-corrected chi connectivity index (χ3v) is 4.40. The maximum atomic E-state index is 12.5. The molecule has 2 rings (SSSR count). The topological polar surface area (TPSA) is 168 Å². The molecule has 0 aliphatic rings. The number of ether oxygens (including phenoxy) is 4. The number of rotatable bonds is 10. The van der Waals surface area contributed by atoms with E-state index in [2.05, 4.69) is 10.6 Å². The summed E-state index contributed by atoms with van der Waals surface area (Å²) in [6, 6.07) is 2.84. The lowest BCUT2D eigenvalue weighted by Gasteiger charge is -2.14. The van der Waals surface area contributed by atoms with Crippen molar-refractivity contribution in [2.45, 2.75) is 13.8 Å². The van der Waals surface area contributed by atoms with Crippen molar-refractivity contribution < 1.29 is 42.5 Å². The van der Waals surface area contributed by atoms with Gasteiger partial charge in [-0.05, 0) is 26.0 Å². The first kappa shape index (κ1) is 25.0. The molecule has 0 radical (unpaired) electrons. The second-order valence-electron chi connectivity index (χ2n) is 6.47. The van der Waals surface area contributed by atoms with Gasteiger partial charge in [0.05, 0.1) is 34.5 Å². The fourth-order valence-electron chi connectivity index (χ4n) is 2.96. The first-order valence-electron chi connectivity index (χ1n) is 9.66. The molecule has 0 aliphatic heterocycles. The average molecular weight is 463 g/mol. The molecular weight excluding hydrogens is 438 g/mol. The summed E-state index contributed by atoms with van der Waals surface area (Å²) in [5, 5.41) is 4.74. The Labute approximate surface area is 189 Å². The molecule has 33 heavy (non-hydrogen) atoms. The van der Waals surface area contributed by atoms with Crippen LogP contribution in [0.5, 0.6) is 17.2 Å². The second-order valence-corrected chi connectivity index (χ2v) is 6.47. The minimum Gasteiger partial charge on any atom is -0.493 e. The van der Waals surface area contributed by atoms with E-state index < -0.39 is 30.2 Å². The minimum absolute atomic E-state index is 0.0407. The lowest BCUT2D eigenvalue weighted by Crippen LogP contribution is -2.33. The Morgan fingerprint density at radius 1 is 1.00 bits per heavy atom. The number of carbonyl (C=O) groups is 4. The van der Waals surface area contributed by atoms with E-state index in [-0.39, 0.29) is 46.4 Å². The number of furan rings is 1. The van der Waals surface area contributed by atoms with Gasteiger partial charge in [0.1, 0.15) is 16.9 Å². The predicted octanol–water partition coefficient (Wildman–Crippen LogP) is 1.26. The number of amides is 3. The van der Waals surface area contributed by atoms with Gasteiger partial charge in [0.25, 0.3) is 11.8 Å². The number of primary amides is 1. The van der Waals surface area contributed by atoms with Gasteiger partial charge in [0.2, 0.25) is 17.5 Å². The third kappa shape index (κ3) is 5.53. The number of hydrogen-bond donors (Lipinski definition) is 3. The number of benzene rings is 1. The van der Waals surface area contributed by atoms with Crippen LogP contribution >= 0.6 is 0 Å². The maximum Gasteiger partial charge on any atom is 0.342 e. The number of nitrogens with two attached hydrogens (primary N) is 1. The standard InChI is InChI=1S/C21H25N3O9/c1-6-32-21(28)15-10(2)33-20(16(15)18(22)26)24-14(25)9-23-19(27)11-7-12(29-3)17(31-5)13(8-11)30-4/h7-8H,6,9H2,1-5H3,(H2,22,26)(H,23,27)(H,24,25). The van der Waals surface area contributed by atoms with Crippen LogP contribution in [0.15, 0.2) is 16.5 Å². The van der Waals surface area contributed by atoms with Crippen molar-refractivity contribution >= 4 is 29.6 Å². The van der Waals surface area contributed by atoms with Crippen molar-refractivity contribution in [2.75, 3.05) is 39.8 Å². The largest absolute Gasteiger partial charge is 0.493 e. The zero-order valence-corrected chi connectivity index (χ0v) is 18.8. The molecule has 0 atom stereocenters. The van der Waals surface area contributed by atoms with E-state index in [1.54, 1.807) is 6.92 Å². The van der Waals surface area contributed by atoms with E-state index >= 15 is 0 Å². The van der Waals surface area contributed by atoms with E-state index in [1.165, 1.54) is 40.4 Å². The molecular formula is C21H25N3O9. The van der Waals surface area contributed by atoms with E-state index in [9.17, 15) is 19.2 Å². The predicted molar refractivity (Wildman–Crippen MR) is 115 cm³/mol. The summed E-state index contributed by atoms with van der Waals surface area (Å²) in [5.41, 5.74) is 5.00. The van der Waals surface area contributed by atoms with E-state index in [0.29, 0.717) is 5.75 Å². The van der Waals surface area contributed by atoms with Crippen molar-refractivity contribution in [3.05, 3.63) is 34.6 Å². The number of aryl methyl sites for hydroxylation is 1. The first-order valence-corrected chi connectivity index (χ1v) is 9.66. The van der Waals surface area contributed by atoms with Crippen molar-refractivity contribution in [2.24, 2.45) is 5.73 Å². The number of carbonyl (C=O) groups excluding carboxylic acids is 4. The molecule has 4 N–H and O–H groups in total. The molecule has 1 aromatic heterocycles. The molecule has 12 heteroatoms. The molecule has 0 unspecified atom stereocenters. The molecule has 178 valence electrons. The van der Waals surface area contributed by atoms with Crippen LogP contribution in [0, 0.1) is 6.92 Å². The number of anilines is 1. The van der Waals surface area contributed by atoms with Crippen LogP contribution < -0.4 is 30.6 Å². The summed E-state index contributed by atoms with van der Waals surface area (Å²) in [5.74, 6) is -2.61. The quantitative estimate of drug-likeness (QED) is 0.439. The molecule has 1 heterocycles. The van der Waals surface area contributed by atoms with Crippen LogP contribution in [0.25, 0.3) is 0 Å². The van der Waals surface area contributed by atoms with Crippen molar-refractivity contribution in [3.8, 4) is 17.2 Å². The van der Waals surface area contributed by atoms with Gasteiger partial charge >= 0.3 is 5.97 Å². The number of nitrogens with one attached hydrogen (secondary N) is 2. The Balaban J connectivity index is 2.17. The molecule has 2 aromatic rings. The molecule has 0 saturated carbocycles. The average Bonchev–Trinajstić information content (AvgIpc) is 3.12. The van der Waals surface area contributed by atoms with Crippen LogP contribution in [0.3, 0.4) is 0 Å². The van der Waals surface area contributed by atoms with Gasteiger partial charge in [-0.2, -0.15) is 0 Å². The summed E-state index contributed by atoms with van der Waals surface area (Å²) >= 11 is 0. The van der Waals surface area contributed by atoms with Crippen LogP contribution in [0.1, 0.15) is 43.8 Å². The molecule has 0 spiro atoms. The van der Waals surface area contributed by atoms with Gasteiger partial charge in [-0.15, -0.1) is 0 Å². The third-order valence-electron chi connectivity index (χ3n) is 4.40. The summed E-state index contributed by atoms with van der Waals surface area (Å²) < 4.78 is 25.8. The first-order chi connectivity index (χ1) is 15.7. The van der Waals surface area contributed by atoms with Crippen molar-refractivity contribution in [3.63, 3.8) is 0 Å². The van der Waals surface area contributed by atoms with E-state index in [4.69, 9.17) is 29.1 Å². The number of esters is 1. The monoisotopic (exact) mass is 463 g/mol. The Bertz CT molecular complexity index is 1050. The molecule has 0 saturated heterocycles. The Hall–Kier alpha value is -4.22. The van der Waals surface area contributed by atoms with Crippen LogP contribution in [-0.4, -0.2) is 58.2 Å². The van der Waals surface area contributed by atoms with Crippen LogP contribution in [0.2, 0.25) is 0 Å². The fourth-order valence-corrected chi connectivity index (χ4v) is 2.96. The van der Waals surface area contributed by atoms with Crippen molar-refractivity contribution in [1.29, 1.82) is 0 Å². The van der Waals surface area contributed by atoms with Gasteiger partial charge in [-0.25, -0.2) is 4.79 Å². The van der Waals surface area contributed by atoms with Gasteiger partial charge in [0.15, 0.2) is 11.5 Å². The SMILES string of the molecule is CCOC(=O)c1c(C)oc(NC(=O)CNC(=O)c2cc(OC)c(OC)c(OC)c2)c1C(N)=O. The summed E-state index contributed by atoms with van der Waals surface area (Å²) in [4.78, 5) is 48.9. The van der Waals surface area contributed by atoms with Gasteiger partial charge < -0.3 is 34.4 Å². The smallest absolute Gasteiger partial charge is 0.342 e.